The number of nitrogens with zero attached hydrogens (tertiary/aromatic N) is 2. The van der Waals surface area contributed by atoms with Crippen molar-refractivity contribution in [3.63, 3.8) is 0 Å². The van der Waals surface area contributed by atoms with Crippen molar-refractivity contribution in [1.29, 1.82) is 0 Å². The Hall–Kier alpha value is -1.94. The average molecular weight is 243 g/mol. The number of aromatic nitrogens is 2. The number of methoxy groups -OCH3 is 1. The van der Waals surface area contributed by atoms with Gasteiger partial charge in [0.1, 0.15) is 0 Å². The molecule has 2 aromatic rings. The minimum atomic E-state index is 0.618. The van der Waals surface area contributed by atoms with Crippen LogP contribution in [0.2, 0.25) is 0 Å². The molecule has 0 aliphatic heterocycles. The van der Waals surface area contributed by atoms with E-state index in [-0.39, 0.29) is 0 Å². The minimum absolute atomic E-state index is 0.618. The smallest absolute Gasteiger partial charge is 0.222 e. The van der Waals surface area contributed by atoms with Crippen molar-refractivity contribution in [2.24, 2.45) is 0 Å². The van der Waals surface area contributed by atoms with E-state index in [1.807, 2.05) is 19.1 Å². The second kappa shape index (κ2) is 6.12. The molecule has 1 aromatic carbocycles. The fraction of sp³-hybridized carbons (Fsp3) is 0.286. The quantitative estimate of drug-likeness (QED) is 0.876. The van der Waals surface area contributed by atoms with Crippen LogP contribution in [0.15, 0.2) is 36.7 Å². The van der Waals surface area contributed by atoms with Crippen LogP contribution in [0.1, 0.15) is 16.7 Å². The van der Waals surface area contributed by atoms with Gasteiger partial charge in [0.05, 0.1) is 6.61 Å². The Bertz CT molecular complexity index is 497. The van der Waals surface area contributed by atoms with Crippen molar-refractivity contribution in [2.75, 3.05) is 12.4 Å². The molecule has 0 unspecified atom stereocenters. The number of anilines is 1. The highest BCUT2D eigenvalue weighted by Crippen LogP contribution is 2.11. The summed E-state index contributed by atoms with van der Waals surface area (Å²) in [7, 11) is 1.70. The Morgan fingerprint density at radius 1 is 1.11 bits per heavy atom. The lowest BCUT2D eigenvalue weighted by Crippen LogP contribution is -2.06. The molecule has 1 heterocycles. The second-order valence-corrected chi connectivity index (χ2v) is 4.14. The van der Waals surface area contributed by atoms with E-state index in [9.17, 15) is 0 Å². The van der Waals surface area contributed by atoms with Crippen LogP contribution in [0, 0.1) is 6.92 Å². The van der Waals surface area contributed by atoms with Gasteiger partial charge in [-0.05, 0) is 23.6 Å². The van der Waals surface area contributed by atoms with Crippen LogP contribution in [-0.4, -0.2) is 17.1 Å². The first-order valence-electron chi connectivity index (χ1n) is 5.88. The third-order valence-corrected chi connectivity index (χ3v) is 2.64. The Morgan fingerprint density at radius 3 is 2.44 bits per heavy atom. The monoisotopic (exact) mass is 243 g/mol. The predicted molar refractivity (Wildman–Crippen MR) is 71.3 cm³/mol. The summed E-state index contributed by atoms with van der Waals surface area (Å²) in [6, 6.07) is 8.18. The molecule has 4 nitrogen and oxygen atoms in total. The summed E-state index contributed by atoms with van der Waals surface area (Å²) in [6.45, 7) is 3.28. The van der Waals surface area contributed by atoms with E-state index < -0.39 is 0 Å². The molecule has 1 N–H and O–H groups in total. The molecule has 1 aromatic heterocycles. The molecule has 0 fully saturated rings. The van der Waals surface area contributed by atoms with Crippen LogP contribution in [0.5, 0.6) is 0 Å². The van der Waals surface area contributed by atoms with Crippen molar-refractivity contribution >= 4 is 5.95 Å². The maximum absolute atomic E-state index is 5.18. The van der Waals surface area contributed by atoms with Crippen molar-refractivity contribution in [1.82, 2.24) is 9.97 Å². The van der Waals surface area contributed by atoms with Crippen molar-refractivity contribution in [3.05, 3.63) is 53.3 Å². The van der Waals surface area contributed by atoms with Gasteiger partial charge in [-0.1, -0.05) is 24.3 Å². The van der Waals surface area contributed by atoms with Gasteiger partial charge in [-0.25, -0.2) is 9.97 Å². The van der Waals surface area contributed by atoms with Gasteiger partial charge in [0.25, 0.3) is 0 Å². The summed E-state index contributed by atoms with van der Waals surface area (Å²) >= 11 is 0. The van der Waals surface area contributed by atoms with Crippen LogP contribution in [0.3, 0.4) is 0 Å². The van der Waals surface area contributed by atoms with Crippen LogP contribution in [-0.2, 0) is 17.9 Å². The number of hydrogen-bond donors (Lipinski definition) is 1. The summed E-state index contributed by atoms with van der Waals surface area (Å²) in [5.74, 6) is 0.646. The molecular formula is C14H17N3O. The summed E-state index contributed by atoms with van der Waals surface area (Å²) in [5, 5.41) is 3.21. The molecule has 0 spiro atoms. The Kier molecular flexibility index (Phi) is 4.25. The lowest BCUT2D eigenvalue weighted by Gasteiger charge is -2.09. The van der Waals surface area contributed by atoms with Crippen LogP contribution in [0.25, 0.3) is 0 Å². The molecule has 0 bridgehead atoms. The van der Waals surface area contributed by atoms with Gasteiger partial charge in [-0.2, -0.15) is 0 Å². The largest absolute Gasteiger partial charge is 0.380 e. The number of ether oxygens (including phenoxy) is 1. The molecule has 0 amide bonds. The van der Waals surface area contributed by atoms with Crippen molar-refractivity contribution in [3.8, 4) is 0 Å². The van der Waals surface area contributed by atoms with E-state index in [4.69, 9.17) is 4.74 Å². The van der Waals surface area contributed by atoms with Crippen molar-refractivity contribution in [2.45, 2.75) is 20.1 Å². The summed E-state index contributed by atoms with van der Waals surface area (Å²) in [6.07, 6.45) is 3.60. The summed E-state index contributed by atoms with van der Waals surface area (Å²) < 4.78 is 5.18. The number of hydrogen-bond acceptors (Lipinski definition) is 4. The topological polar surface area (TPSA) is 47.0 Å². The first-order valence-corrected chi connectivity index (χ1v) is 5.88. The van der Waals surface area contributed by atoms with Crippen LogP contribution < -0.4 is 5.32 Å². The first kappa shape index (κ1) is 12.5. The van der Waals surface area contributed by atoms with Gasteiger partial charge in [0.15, 0.2) is 0 Å². The van der Waals surface area contributed by atoms with Gasteiger partial charge >= 0.3 is 0 Å². The highest BCUT2D eigenvalue weighted by Gasteiger charge is 2.02. The second-order valence-electron chi connectivity index (χ2n) is 4.14. The third kappa shape index (κ3) is 3.28. The SMILES string of the molecule is COCc1ccccc1CNc1ncc(C)cn1. The molecule has 0 radical (unpaired) electrons. The molecular weight excluding hydrogens is 226 g/mol. The van der Waals surface area contributed by atoms with E-state index in [1.54, 1.807) is 19.5 Å². The maximum Gasteiger partial charge on any atom is 0.222 e. The lowest BCUT2D eigenvalue weighted by molar-refractivity contribution is 0.184. The van der Waals surface area contributed by atoms with E-state index in [2.05, 4.69) is 27.4 Å². The number of nitrogens with one attached hydrogen (secondary N) is 1. The molecule has 94 valence electrons. The molecule has 18 heavy (non-hydrogen) atoms. The van der Waals surface area contributed by atoms with Gasteiger partial charge in [-0.3, -0.25) is 0 Å². The molecule has 0 saturated heterocycles. The fourth-order valence-corrected chi connectivity index (χ4v) is 1.68. The van der Waals surface area contributed by atoms with Gasteiger partial charge in [-0.15, -0.1) is 0 Å². The third-order valence-electron chi connectivity index (χ3n) is 2.64. The first-order chi connectivity index (χ1) is 8.79. The average Bonchev–Trinajstić information content (AvgIpc) is 2.40. The number of rotatable bonds is 5. The molecule has 0 saturated carbocycles. The highest BCUT2D eigenvalue weighted by molar-refractivity contribution is 5.32. The van der Waals surface area contributed by atoms with Crippen LogP contribution in [0.4, 0.5) is 5.95 Å². The maximum atomic E-state index is 5.18. The van der Waals surface area contributed by atoms with E-state index >= 15 is 0 Å². The number of aryl methyl sites for hydroxylation is 1. The minimum Gasteiger partial charge on any atom is -0.380 e. The predicted octanol–water partition coefficient (Wildman–Crippen LogP) is 2.54. The molecule has 0 aliphatic rings. The lowest BCUT2D eigenvalue weighted by atomic mass is 10.1. The van der Waals surface area contributed by atoms with E-state index in [0.29, 0.717) is 19.1 Å². The zero-order chi connectivity index (χ0) is 12.8. The highest BCUT2D eigenvalue weighted by atomic mass is 16.5. The Labute approximate surface area is 107 Å². The molecule has 2 rings (SSSR count). The van der Waals surface area contributed by atoms with E-state index in [0.717, 1.165) is 5.56 Å². The Morgan fingerprint density at radius 2 is 1.78 bits per heavy atom. The van der Waals surface area contributed by atoms with Crippen molar-refractivity contribution < 1.29 is 4.74 Å². The molecule has 0 aliphatic carbocycles. The van der Waals surface area contributed by atoms with Crippen LogP contribution >= 0.6 is 0 Å². The molecule has 0 atom stereocenters. The van der Waals surface area contributed by atoms with Gasteiger partial charge in [0.2, 0.25) is 5.95 Å². The van der Waals surface area contributed by atoms with E-state index in [1.165, 1.54) is 11.1 Å². The normalized spacial score (nSPS) is 10.3. The summed E-state index contributed by atoms with van der Waals surface area (Å²) in [5.41, 5.74) is 3.43. The van der Waals surface area contributed by atoms with Gasteiger partial charge < -0.3 is 10.1 Å². The standard InChI is InChI=1S/C14H17N3O/c1-11-7-15-14(16-8-11)17-9-12-5-3-4-6-13(12)10-18-2/h3-8H,9-10H2,1-2H3,(H,15,16,17). The summed E-state index contributed by atoms with van der Waals surface area (Å²) in [4.78, 5) is 8.43. The number of benzene rings is 1. The Balaban J connectivity index is 2.03. The van der Waals surface area contributed by atoms with Gasteiger partial charge in [0, 0.05) is 26.0 Å². The molecule has 4 heteroatoms. The zero-order valence-corrected chi connectivity index (χ0v) is 10.7. The zero-order valence-electron chi connectivity index (χ0n) is 10.7. The fourth-order valence-electron chi connectivity index (χ4n) is 1.68.